The summed E-state index contributed by atoms with van der Waals surface area (Å²) < 4.78 is 0. The number of hydrogen-bond donors (Lipinski definition) is 1. The Morgan fingerprint density at radius 2 is 1.89 bits per heavy atom. The Morgan fingerprint density at radius 3 is 2.47 bits per heavy atom. The fraction of sp³-hybridized carbons (Fsp3) is 0.625. The molecule has 19 heavy (non-hydrogen) atoms. The highest BCUT2D eigenvalue weighted by molar-refractivity contribution is 7.10. The van der Waals surface area contributed by atoms with Crippen LogP contribution in [0.1, 0.15) is 50.0 Å². The third-order valence-corrected chi connectivity index (χ3v) is 3.98. The molecule has 1 N–H and O–H groups in total. The van der Waals surface area contributed by atoms with Gasteiger partial charge < -0.3 is 5.11 Å². The lowest BCUT2D eigenvalue weighted by molar-refractivity contribution is 0.259. The lowest BCUT2D eigenvalue weighted by atomic mass is 10.2. The van der Waals surface area contributed by atoms with Crippen molar-refractivity contribution >= 4 is 11.3 Å². The van der Waals surface area contributed by atoms with E-state index in [-0.39, 0.29) is 6.61 Å². The zero-order valence-corrected chi connectivity index (χ0v) is 12.9. The predicted octanol–water partition coefficient (Wildman–Crippen LogP) is 3.49. The number of thiophene rings is 1. The largest absolute Gasteiger partial charge is 0.384 e. The number of nitrogens with zero attached hydrogens (tertiary/aromatic N) is 1. The van der Waals surface area contributed by atoms with Crippen molar-refractivity contribution in [2.24, 2.45) is 0 Å². The molecule has 0 amide bonds. The second-order valence-corrected chi connectivity index (χ2v) is 5.70. The quantitative estimate of drug-likeness (QED) is 0.736. The Kier molecular flexibility index (Phi) is 8.57. The van der Waals surface area contributed by atoms with E-state index in [2.05, 4.69) is 42.0 Å². The smallest absolute Gasteiger partial charge is 0.104 e. The molecule has 0 bridgehead atoms. The summed E-state index contributed by atoms with van der Waals surface area (Å²) >= 11 is 1.77. The van der Waals surface area contributed by atoms with Gasteiger partial charge in [0.25, 0.3) is 0 Å². The average Bonchev–Trinajstić information content (AvgIpc) is 2.86. The molecule has 1 aromatic rings. The highest BCUT2D eigenvalue weighted by atomic mass is 32.1. The first-order chi connectivity index (χ1) is 9.31. The lowest BCUT2D eigenvalue weighted by Crippen LogP contribution is -2.25. The highest BCUT2D eigenvalue weighted by Crippen LogP contribution is 2.18. The average molecular weight is 279 g/mol. The maximum Gasteiger partial charge on any atom is 0.104 e. The van der Waals surface area contributed by atoms with Gasteiger partial charge in [-0.1, -0.05) is 38.5 Å². The summed E-state index contributed by atoms with van der Waals surface area (Å²) in [4.78, 5) is 3.86. The van der Waals surface area contributed by atoms with E-state index in [1.807, 2.05) is 0 Å². The summed E-state index contributed by atoms with van der Waals surface area (Å²) in [6.45, 7) is 7.74. The van der Waals surface area contributed by atoms with Crippen molar-refractivity contribution in [1.29, 1.82) is 0 Å². The van der Waals surface area contributed by atoms with Crippen LogP contribution in [0.5, 0.6) is 0 Å². The zero-order chi connectivity index (χ0) is 13.9. The van der Waals surface area contributed by atoms with Crippen LogP contribution in [0.4, 0.5) is 0 Å². The van der Waals surface area contributed by atoms with Crippen molar-refractivity contribution in [3.63, 3.8) is 0 Å². The molecule has 1 heterocycles. The second kappa shape index (κ2) is 10.0. The fourth-order valence-corrected chi connectivity index (χ4v) is 2.82. The van der Waals surface area contributed by atoms with E-state index in [1.165, 1.54) is 43.6 Å². The Hall–Kier alpha value is -0.820. The summed E-state index contributed by atoms with van der Waals surface area (Å²) in [5.74, 6) is 5.79. The first-order valence-corrected chi connectivity index (χ1v) is 8.08. The molecule has 0 unspecified atom stereocenters. The van der Waals surface area contributed by atoms with Crippen LogP contribution < -0.4 is 0 Å². The van der Waals surface area contributed by atoms with Gasteiger partial charge in [0.1, 0.15) is 6.61 Å². The van der Waals surface area contributed by atoms with E-state index in [9.17, 15) is 0 Å². The van der Waals surface area contributed by atoms with Crippen molar-refractivity contribution in [2.75, 3.05) is 19.7 Å². The van der Waals surface area contributed by atoms with Crippen molar-refractivity contribution in [3.8, 4) is 11.8 Å². The van der Waals surface area contributed by atoms with Gasteiger partial charge in [-0.2, -0.15) is 0 Å². The maximum absolute atomic E-state index is 8.79. The summed E-state index contributed by atoms with van der Waals surface area (Å²) in [6, 6.07) is 2.06. The molecule has 0 saturated carbocycles. The molecule has 0 atom stereocenters. The van der Waals surface area contributed by atoms with E-state index in [4.69, 9.17) is 5.11 Å². The van der Waals surface area contributed by atoms with Crippen LogP contribution in [0.25, 0.3) is 0 Å². The van der Waals surface area contributed by atoms with Crippen LogP contribution in [-0.4, -0.2) is 29.7 Å². The highest BCUT2D eigenvalue weighted by Gasteiger charge is 2.09. The van der Waals surface area contributed by atoms with Crippen LogP contribution in [0.15, 0.2) is 11.4 Å². The summed E-state index contributed by atoms with van der Waals surface area (Å²) in [7, 11) is 0. The molecule has 3 heteroatoms. The molecule has 106 valence electrons. The fourth-order valence-electron chi connectivity index (χ4n) is 1.95. The summed E-state index contributed by atoms with van der Waals surface area (Å²) in [5, 5.41) is 10.9. The summed E-state index contributed by atoms with van der Waals surface area (Å²) in [6.07, 6.45) is 4.99. The van der Waals surface area contributed by atoms with Crippen molar-refractivity contribution in [2.45, 2.75) is 46.1 Å². The van der Waals surface area contributed by atoms with Gasteiger partial charge in [0.15, 0.2) is 0 Å². The number of hydrogen-bond acceptors (Lipinski definition) is 3. The number of aliphatic hydroxyl groups excluding tert-OH is 1. The van der Waals surface area contributed by atoms with E-state index < -0.39 is 0 Å². The third kappa shape index (κ3) is 6.24. The molecule has 2 nitrogen and oxygen atoms in total. The SMILES string of the molecule is CCCCN(CCCC)Cc1sccc1C#CCO. The molecule has 0 aliphatic rings. The summed E-state index contributed by atoms with van der Waals surface area (Å²) in [5.41, 5.74) is 1.08. The zero-order valence-electron chi connectivity index (χ0n) is 12.1. The van der Waals surface area contributed by atoms with Crippen LogP contribution in [0.3, 0.4) is 0 Å². The molecule has 0 fully saturated rings. The van der Waals surface area contributed by atoms with Crippen molar-refractivity contribution in [3.05, 3.63) is 21.9 Å². The third-order valence-electron chi connectivity index (χ3n) is 3.07. The standard InChI is InChI=1S/C16H25NOS/c1-3-5-10-17(11-6-4-2)14-16-15(8-7-12-18)9-13-19-16/h9,13,18H,3-6,10-12,14H2,1-2H3. The predicted molar refractivity (Wildman–Crippen MR) is 83.4 cm³/mol. The van der Waals surface area contributed by atoms with Gasteiger partial charge in [-0.15, -0.1) is 11.3 Å². The van der Waals surface area contributed by atoms with Gasteiger partial charge in [-0.25, -0.2) is 0 Å². The maximum atomic E-state index is 8.79. The minimum absolute atomic E-state index is 0.0648. The molecular weight excluding hydrogens is 254 g/mol. The first kappa shape index (κ1) is 16.2. The first-order valence-electron chi connectivity index (χ1n) is 7.20. The topological polar surface area (TPSA) is 23.5 Å². The Morgan fingerprint density at radius 1 is 1.21 bits per heavy atom. The van der Waals surface area contributed by atoms with Gasteiger partial charge in [0.2, 0.25) is 0 Å². The van der Waals surface area contributed by atoms with Gasteiger partial charge in [-0.3, -0.25) is 4.90 Å². The Bertz CT molecular complexity index is 394. The molecule has 1 aromatic heterocycles. The Balaban J connectivity index is 2.63. The van der Waals surface area contributed by atoms with E-state index in [1.54, 1.807) is 11.3 Å². The van der Waals surface area contributed by atoms with Crippen molar-refractivity contribution in [1.82, 2.24) is 4.90 Å². The molecule has 0 radical (unpaired) electrons. The van der Waals surface area contributed by atoms with Crippen LogP contribution >= 0.6 is 11.3 Å². The van der Waals surface area contributed by atoms with Gasteiger partial charge >= 0.3 is 0 Å². The van der Waals surface area contributed by atoms with Crippen molar-refractivity contribution < 1.29 is 5.11 Å². The van der Waals surface area contributed by atoms with E-state index in [0.717, 1.165) is 12.1 Å². The molecule has 0 spiro atoms. The molecule has 0 saturated heterocycles. The lowest BCUT2D eigenvalue weighted by Gasteiger charge is -2.21. The van der Waals surface area contributed by atoms with Gasteiger partial charge in [-0.05, 0) is 37.4 Å². The van der Waals surface area contributed by atoms with Gasteiger partial charge in [0, 0.05) is 17.0 Å². The van der Waals surface area contributed by atoms with Crippen LogP contribution in [-0.2, 0) is 6.54 Å². The van der Waals surface area contributed by atoms with Crippen LogP contribution in [0, 0.1) is 11.8 Å². The van der Waals surface area contributed by atoms with Crippen LogP contribution in [0.2, 0.25) is 0 Å². The minimum Gasteiger partial charge on any atom is -0.384 e. The molecule has 0 aliphatic heterocycles. The Labute approximate surface area is 121 Å². The minimum atomic E-state index is -0.0648. The normalized spacial score (nSPS) is 10.5. The molecule has 0 aliphatic carbocycles. The number of unbranched alkanes of at least 4 members (excludes halogenated alkanes) is 2. The molecular formula is C16H25NOS. The molecule has 0 aromatic carbocycles. The number of rotatable bonds is 8. The number of aliphatic hydroxyl groups is 1. The second-order valence-electron chi connectivity index (χ2n) is 4.70. The molecule has 1 rings (SSSR count). The van der Waals surface area contributed by atoms with E-state index in [0.29, 0.717) is 0 Å². The van der Waals surface area contributed by atoms with Gasteiger partial charge in [0.05, 0.1) is 0 Å². The van der Waals surface area contributed by atoms with E-state index >= 15 is 0 Å². The monoisotopic (exact) mass is 279 g/mol.